The van der Waals surface area contributed by atoms with Crippen LogP contribution in [0.25, 0.3) is 0 Å². The minimum Gasteiger partial charge on any atom is -0.328 e. The van der Waals surface area contributed by atoms with Gasteiger partial charge in [0, 0.05) is 6.54 Å². The number of carbonyl (C=O) groups is 1. The Morgan fingerprint density at radius 3 is 2.75 bits per heavy atom. The van der Waals surface area contributed by atoms with Gasteiger partial charge in [0.2, 0.25) is 5.91 Å². The molecule has 3 aliphatic rings. The molecule has 0 aromatic heterocycles. The van der Waals surface area contributed by atoms with Gasteiger partial charge in [-0.05, 0) is 31.1 Å². The first kappa shape index (κ1) is 10.6. The quantitative estimate of drug-likeness (QED) is 0.772. The normalized spacial score (nSPS) is 37.1. The highest BCUT2D eigenvalue weighted by Crippen LogP contribution is 2.41. The van der Waals surface area contributed by atoms with Gasteiger partial charge < -0.3 is 4.90 Å². The lowest BCUT2D eigenvalue weighted by Crippen LogP contribution is -2.37. The summed E-state index contributed by atoms with van der Waals surface area (Å²) < 4.78 is 0. The van der Waals surface area contributed by atoms with Crippen molar-refractivity contribution in [1.82, 2.24) is 10.2 Å². The van der Waals surface area contributed by atoms with Crippen molar-refractivity contribution in [1.29, 1.82) is 0 Å². The van der Waals surface area contributed by atoms with Crippen molar-refractivity contribution in [3.8, 4) is 0 Å². The van der Waals surface area contributed by atoms with Gasteiger partial charge in [0.1, 0.15) is 0 Å². The predicted molar refractivity (Wildman–Crippen MR) is 62.8 cm³/mol. The Balaban J connectivity index is 1.60. The van der Waals surface area contributed by atoms with Crippen molar-refractivity contribution in [2.75, 3.05) is 13.2 Å². The standard InChI is InChI=1S/C13H22N2O/c1-10-4-2-3-5-11(10)8-15-9-14-13(6-7-13)12(15)16/h10-11,14H,2-9H2,1H3. The van der Waals surface area contributed by atoms with E-state index in [9.17, 15) is 4.79 Å². The first-order chi connectivity index (χ1) is 7.71. The summed E-state index contributed by atoms with van der Waals surface area (Å²) in [6, 6.07) is 0. The zero-order valence-electron chi connectivity index (χ0n) is 10.2. The molecule has 2 aliphatic carbocycles. The number of carbonyl (C=O) groups excluding carboxylic acids is 1. The SMILES string of the molecule is CC1CCCCC1CN1CNC2(CC2)C1=O. The summed E-state index contributed by atoms with van der Waals surface area (Å²) in [4.78, 5) is 14.2. The lowest BCUT2D eigenvalue weighted by molar-refractivity contribution is -0.130. The molecule has 1 amide bonds. The van der Waals surface area contributed by atoms with E-state index in [2.05, 4.69) is 17.1 Å². The average molecular weight is 222 g/mol. The van der Waals surface area contributed by atoms with Crippen molar-refractivity contribution in [2.24, 2.45) is 11.8 Å². The molecule has 2 saturated carbocycles. The third-order valence-electron chi connectivity index (χ3n) is 4.80. The maximum atomic E-state index is 12.1. The number of nitrogens with zero attached hydrogens (tertiary/aromatic N) is 1. The highest BCUT2D eigenvalue weighted by Gasteiger charge is 2.55. The van der Waals surface area contributed by atoms with Crippen LogP contribution in [0.1, 0.15) is 45.4 Å². The number of amides is 1. The molecule has 3 heteroatoms. The summed E-state index contributed by atoms with van der Waals surface area (Å²) in [6.45, 7) is 4.14. The van der Waals surface area contributed by atoms with Gasteiger partial charge in [-0.3, -0.25) is 10.1 Å². The Morgan fingerprint density at radius 1 is 1.38 bits per heavy atom. The van der Waals surface area contributed by atoms with Gasteiger partial charge in [-0.25, -0.2) is 0 Å². The van der Waals surface area contributed by atoms with E-state index in [-0.39, 0.29) is 5.54 Å². The summed E-state index contributed by atoms with van der Waals surface area (Å²) >= 11 is 0. The molecule has 3 rings (SSSR count). The van der Waals surface area contributed by atoms with Crippen LogP contribution in [0.15, 0.2) is 0 Å². The van der Waals surface area contributed by atoms with Crippen molar-refractivity contribution >= 4 is 5.91 Å². The zero-order chi connectivity index (χ0) is 11.2. The molecule has 3 nitrogen and oxygen atoms in total. The fourth-order valence-electron chi connectivity index (χ4n) is 3.31. The molecule has 1 aliphatic heterocycles. The van der Waals surface area contributed by atoms with E-state index >= 15 is 0 Å². The van der Waals surface area contributed by atoms with Crippen LogP contribution in [-0.2, 0) is 4.79 Å². The Hall–Kier alpha value is -0.570. The van der Waals surface area contributed by atoms with E-state index in [0.29, 0.717) is 5.91 Å². The molecule has 1 heterocycles. The molecule has 0 aromatic carbocycles. The van der Waals surface area contributed by atoms with Crippen LogP contribution in [0.4, 0.5) is 0 Å². The average Bonchev–Trinajstić information content (AvgIpc) is 3.00. The Bertz CT molecular complexity index is 298. The van der Waals surface area contributed by atoms with Crippen molar-refractivity contribution in [3.05, 3.63) is 0 Å². The molecule has 16 heavy (non-hydrogen) atoms. The summed E-state index contributed by atoms with van der Waals surface area (Å²) in [5.41, 5.74) is -0.0993. The summed E-state index contributed by atoms with van der Waals surface area (Å²) in [5.74, 6) is 1.93. The Kier molecular flexibility index (Phi) is 2.46. The molecular weight excluding hydrogens is 200 g/mol. The van der Waals surface area contributed by atoms with Gasteiger partial charge in [0.15, 0.2) is 0 Å². The van der Waals surface area contributed by atoms with Crippen molar-refractivity contribution < 1.29 is 4.79 Å². The number of hydrogen-bond acceptors (Lipinski definition) is 2. The van der Waals surface area contributed by atoms with Crippen LogP contribution >= 0.6 is 0 Å². The Morgan fingerprint density at radius 2 is 2.12 bits per heavy atom. The third-order valence-corrected chi connectivity index (χ3v) is 4.80. The van der Waals surface area contributed by atoms with E-state index in [4.69, 9.17) is 0 Å². The third kappa shape index (κ3) is 1.65. The van der Waals surface area contributed by atoms with E-state index in [1.54, 1.807) is 0 Å². The lowest BCUT2D eigenvalue weighted by Gasteiger charge is -2.31. The second-order valence-electron chi connectivity index (χ2n) is 5.97. The molecule has 1 saturated heterocycles. The molecular formula is C13H22N2O. The minimum atomic E-state index is -0.0993. The predicted octanol–water partition coefficient (Wildman–Crippen LogP) is 1.73. The van der Waals surface area contributed by atoms with Crippen LogP contribution < -0.4 is 5.32 Å². The second kappa shape index (κ2) is 3.73. The van der Waals surface area contributed by atoms with Crippen molar-refractivity contribution in [2.45, 2.75) is 51.0 Å². The molecule has 90 valence electrons. The maximum absolute atomic E-state index is 12.1. The van der Waals surface area contributed by atoms with Gasteiger partial charge in [-0.15, -0.1) is 0 Å². The van der Waals surface area contributed by atoms with Gasteiger partial charge in [0.05, 0.1) is 12.2 Å². The van der Waals surface area contributed by atoms with Crippen LogP contribution in [0.5, 0.6) is 0 Å². The fourth-order valence-corrected chi connectivity index (χ4v) is 3.31. The highest BCUT2D eigenvalue weighted by molar-refractivity contribution is 5.91. The van der Waals surface area contributed by atoms with Crippen LogP contribution in [0, 0.1) is 11.8 Å². The van der Waals surface area contributed by atoms with E-state index in [0.717, 1.165) is 37.9 Å². The fraction of sp³-hybridized carbons (Fsp3) is 0.923. The van der Waals surface area contributed by atoms with Crippen LogP contribution in [0.2, 0.25) is 0 Å². The summed E-state index contributed by atoms with van der Waals surface area (Å²) in [5, 5.41) is 3.39. The maximum Gasteiger partial charge on any atom is 0.243 e. The summed E-state index contributed by atoms with van der Waals surface area (Å²) in [6.07, 6.45) is 7.53. The number of hydrogen-bond donors (Lipinski definition) is 1. The summed E-state index contributed by atoms with van der Waals surface area (Å²) in [7, 11) is 0. The molecule has 0 aromatic rings. The molecule has 1 N–H and O–H groups in total. The Labute approximate surface area is 97.6 Å². The van der Waals surface area contributed by atoms with Gasteiger partial charge in [0.25, 0.3) is 0 Å². The van der Waals surface area contributed by atoms with E-state index in [1.807, 2.05) is 0 Å². The number of nitrogens with one attached hydrogen (secondary N) is 1. The molecule has 1 spiro atoms. The number of rotatable bonds is 2. The van der Waals surface area contributed by atoms with Gasteiger partial charge in [-0.2, -0.15) is 0 Å². The second-order valence-corrected chi connectivity index (χ2v) is 5.97. The van der Waals surface area contributed by atoms with Crippen LogP contribution in [-0.4, -0.2) is 29.6 Å². The van der Waals surface area contributed by atoms with E-state index in [1.165, 1.54) is 25.7 Å². The largest absolute Gasteiger partial charge is 0.328 e. The molecule has 0 radical (unpaired) electrons. The first-order valence-corrected chi connectivity index (χ1v) is 6.76. The van der Waals surface area contributed by atoms with Gasteiger partial charge in [-0.1, -0.05) is 26.2 Å². The molecule has 3 fully saturated rings. The molecule has 2 unspecified atom stereocenters. The smallest absolute Gasteiger partial charge is 0.243 e. The molecule has 2 atom stereocenters. The van der Waals surface area contributed by atoms with Crippen LogP contribution in [0.3, 0.4) is 0 Å². The highest BCUT2D eigenvalue weighted by atomic mass is 16.2. The minimum absolute atomic E-state index is 0.0993. The van der Waals surface area contributed by atoms with Crippen molar-refractivity contribution in [3.63, 3.8) is 0 Å². The first-order valence-electron chi connectivity index (χ1n) is 6.76. The topological polar surface area (TPSA) is 32.3 Å². The zero-order valence-corrected chi connectivity index (χ0v) is 10.2. The lowest BCUT2D eigenvalue weighted by atomic mass is 9.80. The molecule has 0 bridgehead atoms. The van der Waals surface area contributed by atoms with E-state index < -0.39 is 0 Å². The monoisotopic (exact) mass is 222 g/mol. The van der Waals surface area contributed by atoms with Gasteiger partial charge >= 0.3 is 0 Å².